The van der Waals surface area contributed by atoms with Crippen LogP contribution in [-0.4, -0.2) is 107 Å². The summed E-state index contributed by atoms with van der Waals surface area (Å²) in [6.07, 6.45) is 6.19. The van der Waals surface area contributed by atoms with E-state index in [1.807, 2.05) is 26.8 Å². The molecule has 0 radical (unpaired) electrons. The zero-order valence-electron chi connectivity index (χ0n) is 37.3. The summed E-state index contributed by atoms with van der Waals surface area (Å²) in [7, 11) is 3.02. The van der Waals surface area contributed by atoms with Crippen LogP contribution >= 0.6 is 0 Å². The predicted molar refractivity (Wildman–Crippen MR) is 236 cm³/mol. The van der Waals surface area contributed by atoms with Crippen molar-refractivity contribution in [3.8, 4) is 11.5 Å². The van der Waals surface area contributed by atoms with Gasteiger partial charge in [-0.3, -0.25) is 29.4 Å². The van der Waals surface area contributed by atoms with Gasteiger partial charge in [0.25, 0.3) is 11.8 Å². The highest BCUT2D eigenvalue weighted by Crippen LogP contribution is 2.39. The number of aromatic nitrogens is 4. The normalized spacial score (nSPS) is 16.7. The molecule has 4 aromatic rings. The van der Waals surface area contributed by atoms with Gasteiger partial charge in [0, 0.05) is 56.6 Å². The molecule has 14 heteroatoms. The van der Waals surface area contributed by atoms with E-state index in [1.54, 1.807) is 28.0 Å². The van der Waals surface area contributed by atoms with Crippen molar-refractivity contribution in [2.45, 2.75) is 117 Å². The summed E-state index contributed by atoms with van der Waals surface area (Å²) in [4.78, 5) is 50.0. The van der Waals surface area contributed by atoms with Crippen molar-refractivity contribution >= 4 is 24.1 Å². The maximum atomic E-state index is 12.4. The van der Waals surface area contributed by atoms with E-state index < -0.39 is 0 Å². The number of rotatable bonds is 10. The number of nitrogens with zero attached hydrogens (tertiary/aromatic N) is 4. The summed E-state index contributed by atoms with van der Waals surface area (Å²) in [6.45, 7) is 18.4. The first kappa shape index (κ1) is 48.7. The van der Waals surface area contributed by atoms with Crippen LogP contribution in [0.2, 0.25) is 0 Å². The smallest absolute Gasteiger partial charge is 0.274 e. The molecule has 7 rings (SSSR count). The van der Waals surface area contributed by atoms with Gasteiger partial charge in [0.05, 0.1) is 19.9 Å². The largest absolute Gasteiger partial charge is 0.496 e. The first-order chi connectivity index (χ1) is 28.8. The van der Waals surface area contributed by atoms with E-state index in [0.717, 1.165) is 55.2 Å². The Hall–Kier alpha value is -5.66. The van der Waals surface area contributed by atoms with E-state index in [2.05, 4.69) is 95.1 Å². The van der Waals surface area contributed by atoms with Crippen LogP contribution in [0.4, 0.5) is 0 Å². The average Bonchev–Trinajstić information content (AvgIpc) is 3.56. The summed E-state index contributed by atoms with van der Waals surface area (Å²) in [5, 5.41) is 19.8. The van der Waals surface area contributed by atoms with Crippen LogP contribution in [0.5, 0.6) is 11.5 Å². The number of hydrogen-bond donors (Lipinski definition) is 4. The third-order valence-corrected chi connectivity index (χ3v) is 10.1. The molecule has 2 aromatic carbocycles. The fourth-order valence-corrected chi connectivity index (χ4v) is 6.68. The number of ether oxygens (including phenoxy) is 2. The van der Waals surface area contributed by atoms with Crippen molar-refractivity contribution in [1.82, 2.24) is 40.8 Å². The van der Waals surface area contributed by atoms with Gasteiger partial charge >= 0.3 is 0 Å². The van der Waals surface area contributed by atoms with Crippen LogP contribution in [0.15, 0.2) is 60.7 Å². The van der Waals surface area contributed by atoms with Crippen LogP contribution in [0, 0.1) is 6.92 Å². The second kappa shape index (κ2) is 25.1. The van der Waals surface area contributed by atoms with Crippen molar-refractivity contribution in [1.29, 1.82) is 0 Å². The Balaban J connectivity index is 0.000000223. The van der Waals surface area contributed by atoms with Crippen LogP contribution in [-0.2, 0) is 9.59 Å². The molecule has 2 unspecified atom stereocenters. The third kappa shape index (κ3) is 15.5. The Morgan fingerprint density at radius 1 is 0.800 bits per heavy atom. The second-order valence-electron chi connectivity index (χ2n) is 15.6. The zero-order chi connectivity index (χ0) is 44.2. The Morgan fingerprint density at radius 2 is 1.45 bits per heavy atom. The monoisotopic (exact) mass is 829 g/mol. The Labute approximate surface area is 356 Å². The Kier molecular flexibility index (Phi) is 20.4. The predicted octanol–water partition coefficient (Wildman–Crippen LogP) is 7.37. The number of hydrogen-bond acceptors (Lipinski definition) is 8. The van der Waals surface area contributed by atoms with E-state index in [4.69, 9.17) is 9.47 Å². The van der Waals surface area contributed by atoms with E-state index in [9.17, 15) is 19.2 Å². The molecular formula is C46H68N8O6. The lowest BCUT2D eigenvalue weighted by molar-refractivity contribution is -0.120. The number of benzene rings is 2. The minimum Gasteiger partial charge on any atom is -0.496 e. The average molecular weight is 829 g/mol. The Morgan fingerprint density at radius 3 is 1.93 bits per heavy atom. The van der Waals surface area contributed by atoms with E-state index in [1.165, 1.54) is 39.5 Å². The third-order valence-electron chi connectivity index (χ3n) is 10.1. The van der Waals surface area contributed by atoms with Crippen molar-refractivity contribution in [3.63, 3.8) is 0 Å². The number of carbonyl (C=O) groups is 4. The van der Waals surface area contributed by atoms with Gasteiger partial charge in [-0.1, -0.05) is 77.9 Å². The molecule has 2 atom stereocenters. The minimum absolute atomic E-state index is 0.0395. The number of aryl methyl sites for hydroxylation is 1. The molecule has 4 amide bonds. The highest BCUT2D eigenvalue weighted by molar-refractivity contribution is 6.00. The molecule has 328 valence electrons. The molecule has 0 spiro atoms. The van der Waals surface area contributed by atoms with Crippen molar-refractivity contribution in [2.24, 2.45) is 0 Å². The van der Waals surface area contributed by atoms with Gasteiger partial charge < -0.3 is 29.9 Å². The molecule has 2 saturated heterocycles. The highest BCUT2D eigenvalue weighted by atomic mass is 16.5. The zero-order valence-corrected chi connectivity index (χ0v) is 37.3. The van der Waals surface area contributed by atoms with E-state index in [0.29, 0.717) is 54.2 Å². The highest BCUT2D eigenvalue weighted by Gasteiger charge is 2.28. The molecule has 0 bridgehead atoms. The van der Waals surface area contributed by atoms with Gasteiger partial charge in [-0.25, -0.2) is 0 Å². The van der Waals surface area contributed by atoms with Gasteiger partial charge in [0.1, 0.15) is 22.8 Å². The summed E-state index contributed by atoms with van der Waals surface area (Å²) in [5.74, 6) is 2.32. The van der Waals surface area contributed by atoms with Crippen LogP contribution in [0.3, 0.4) is 0 Å². The minimum atomic E-state index is -0.253. The van der Waals surface area contributed by atoms with Gasteiger partial charge in [-0.2, -0.15) is 10.2 Å². The van der Waals surface area contributed by atoms with Crippen LogP contribution < -0.4 is 20.1 Å². The molecule has 14 nitrogen and oxygen atoms in total. The molecule has 4 heterocycles. The first-order valence-electron chi connectivity index (χ1n) is 21.2. The number of likely N-dealkylation sites (tertiary alicyclic amines) is 2. The molecule has 2 aromatic heterocycles. The van der Waals surface area contributed by atoms with Crippen molar-refractivity contribution in [3.05, 3.63) is 94.6 Å². The number of amides is 4. The van der Waals surface area contributed by atoms with E-state index in [-0.39, 0.29) is 29.8 Å². The fourth-order valence-electron chi connectivity index (χ4n) is 6.68. The van der Waals surface area contributed by atoms with Crippen molar-refractivity contribution in [2.75, 3.05) is 40.4 Å². The quantitative estimate of drug-likeness (QED) is 0.120. The van der Waals surface area contributed by atoms with E-state index >= 15 is 0 Å². The summed E-state index contributed by atoms with van der Waals surface area (Å²) >= 11 is 0. The topological polar surface area (TPSA) is 175 Å². The summed E-state index contributed by atoms with van der Waals surface area (Å²) < 4.78 is 10.4. The molecule has 1 saturated carbocycles. The molecule has 2 aliphatic heterocycles. The molecule has 1 aliphatic carbocycles. The maximum Gasteiger partial charge on any atom is 0.274 e. The fraction of sp³-hybridized carbons (Fsp3) is 0.522. The van der Waals surface area contributed by atoms with Gasteiger partial charge in [0.2, 0.25) is 12.3 Å². The standard InChI is InChI=1S/C14H22N4O2.C14H18N2O4.C9H10.C7H12N2.C2H6/c1-9(2)12-7-13(17-16-12)14(20)18-6-4-5-11(8-18)15-10(3)19;1-19-11-4-3-5-12(20-2)13(11)14(18)15-10-6-7-16(8-10)9-17;1-2-4-8(5-3-1)9-6-7-9;1-5(2)7-4-6(3)8-9-7;1-2/h7,9,11H,4-6,8H2,1-3H3,(H,15,19)(H,16,17);3-5,9-10H,6-8H2,1-2H3,(H,15,18);1-5,9H,6-7H2;4-5H,1-3H3,(H,8,9);1-2H3. The van der Waals surface area contributed by atoms with Crippen molar-refractivity contribution < 1.29 is 28.7 Å². The van der Waals surface area contributed by atoms with Crippen LogP contribution in [0.1, 0.15) is 142 Å². The number of nitrogens with one attached hydrogen (secondary N) is 4. The number of H-pyrrole nitrogens is 2. The molecule has 3 aliphatic rings. The molecular weight excluding hydrogens is 761 g/mol. The maximum absolute atomic E-state index is 12.4. The molecule has 60 heavy (non-hydrogen) atoms. The SMILES string of the molecule is CC.CC(=O)NC1CCCN(C(=O)c2cc(C(C)C)[nH]n2)C1.COc1cccc(OC)c1C(=O)NC1CCN(C=O)C1.Cc1cc(C(C)C)n[nH]1.c1ccc(C2CC2)cc1. The van der Waals surface area contributed by atoms with Crippen LogP contribution in [0.25, 0.3) is 0 Å². The number of methoxy groups -OCH3 is 2. The van der Waals surface area contributed by atoms with Gasteiger partial charge in [-0.05, 0) is 86.6 Å². The summed E-state index contributed by atoms with van der Waals surface area (Å²) in [5.41, 5.74) is 5.60. The second-order valence-corrected chi connectivity index (χ2v) is 15.6. The lowest BCUT2D eigenvalue weighted by atomic mass is 10.0. The van der Waals surface area contributed by atoms with Gasteiger partial charge in [-0.15, -0.1) is 0 Å². The Bertz CT molecular complexity index is 1880. The number of piperidine rings is 1. The summed E-state index contributed by atoms with van der Waals surface area (Å²) in [6, 6.07) is 19.8. The number of carbonyl (C=O) groups excluding carboxylic acids is 4. The molecule has 4 N–H and O–H groups in total. The van der Waals surface area contributed by atoms with Gasteiger partial charge in [0.15, 0.2) is 0 Å². The molecule has 3 fully saturated rings. The lowest BCUT2D eigenvalue weighted by Gasteiger charge is -2.32. The lowest BCUT2D eigenvalue weighted by Crippen LogP contribution is -2.49. The number of aromatic amines is 2. The first-order valence-corrected chi connectivity index (χ1v) is 21.2.